The first-order chi connectivity index (χ1) is 14.9. The van der Waals surface area contributed by atoms with E-state index < -0.39 is 38.1 Å². The average Bonchev–Trinajstić information content (AvgIpc) is 3.13. The number of amides is 2. The predicted octanol–water partition coefficient (Wildman–Crippen LogP) is 2.99. The molecule has 0 unspecified atom stereocenters. The minimum atomic E-state index is -4.24. The smallest absolute Gasteiger partial charge is 0.274 e. The molecule has 0 N–H and O–H groups in total. The Morgan fingerprint density at radius 3 is 2.23 bits per heavy atom. The van der Waals surface area contributed by atoms with Crippen molar-refractivity contribution in [2.75, 3.05) is 15.6 Å². The molecule has 2 amide bonds. The van der Waals surface area contributed by atoms with Gasteiger partial charge in [0.15, 0.2) is 9.84 Å². The number of para-hydroxylation sites is 1. The standard InChI is InChI=1S/C23H17FN2O4S/c24-17-10-12-18(13-11-17)26-21(27)15-31(29,30)23(26)19-8-4-5-9-20(19)25(22(23)28)14-16-6-2-1-3-7-16/h1-13H,14-15H2/t23-/m0/s1. The summed E-state index contributed by atoms with van der Waals surface area (Å²) in [6.45, 7) is 0.152. The molecule has 8 heteroatoms. The third-order valence-electron chi connectivity index (χ3n) is 5.69. The Kier molecular flexibility index (Phi) is 4.23. The van der Waals surface area contributed by atoms with Gasteiger partial charge in [-0.2, -0.15) is 0 Å². The van der Waals surface area contributed by atoms with Gasteiger partial charge in [0.1, 0.15) is 11.6 Å². The van der Waals surface area contributed by atoms with Crippen LogP contribution in [0.25, 0.3) is 0 Å². The van der Waals surface area contributed by atoms with Gasteiger partial charge in [-0.25, -0.2) is 12.8 Å². The lowest BCUT2D eigenvalue weighted by atomic mass is 10.0. The average molecular weight is 436 g/mol. The Morgan fingerprint density at radius 1 is 0.871 bits per heavy atom. The van der Waals surface area contributed by atoms with Gasteiger partial charge < -0.3 is 4.90 Å². The van der Waals surface area contributed by atoms with Crippen LogP contribution in [0, 0.1) is 5.82 Å². The van der Waals surface area contributed by atoms with Gasteiger partial charge in [-0.3, -0.25) is 14.5 Å². The van der Waals surface area contributed by atoms with Crippen molar-refractivity contribution in [1.82, 2.24) is 0 Å². The number of benzene rings is 3. The maximum atomic E-state index is 13.9. The lowest BCUT2D eigenvalue weighted by Crippen LogP contribution is -2.54. The summed E-state index contributed by atoms with van der Waals surface area (Å²) in [7, 11) is -4.24. The van der Waals surface area contributed by atoms with Crippen LogP contribution in [0.15, 0.2) is 78.9 Å². The molecule has 1 atom stereocenters. The van der Waals surface area contributed by atoms with E-state index in [-0.39, 0.29) is 17.8 Å². The molecule has 2 aliphatic heterocycles. The highest BCUT2D eigenvalue weighted by Crippen LogP contribution is 2.52. The van der Waals surface area contributed by atoms with Crippen LogP contribution in [0.1, 0.15) is 11.1 Å². The van der Waals surface area contributed by atoms with Crippen molar-refractivity contribution in [3.8, 4) is 0 Å². The van der Waals surface area contributed by atoms with E-state index >= 15 is 0 Å². The third kappa shape index (κ3) is 2.64. The molecule has 2 heterocycles. The van der Waals surface area contributed by atoms with Gasteiger partial charge >= 0.3 is 0 Å². The molecule has 1 saturated heterocycles. The first-order valence-corrected chi connectivity index (χ1v) is 11.3. The van der Waals surface area contributed by atoms with Crippen LogP contribution >= 0.6 is 0 Å². The monoisotopic (exact) mass is 436 g/mol. The number of halogens is 1. The number of rotatable bonds is 3. The summed E-state index contributed by atoms with van der Waals surface area (Å²) in [6, 6.07) is 20.7. The topological polar surface area (TPSA) is 74.8 Å². The Labute approximate surface area is 178 Å². The summed E-state index contributed by atoms with van der Waals surface area (Å²) < 4.78 is 40.4. The van der Waals surface area contributed by atoms with Gasteiger partial charge in [0.2, 0.25) is 5.91 Å². The van der Waals surface area contributed by atoms with Gasteiger partial charge in [0.05, 0.1) is 12.2 Å². The normalized spacial score (nSPS) is 21.7. The number of carbonyl (C=O) groups is 2. The number of hydrogen-bond acceptors (Lipinski definition) is 4. The number of anilines is 2. The molecule has 3 aromatic rings. The highest BCUT2D eigenvalue weighted by molar-refractivity contribution is 7.94. The van der Waals surface area contributed by atoms with Gasteiger partial charge in [-0.05, 0) is 35.9 Å². The van der Waals surface area contributed by atoms with E-state index in [0.29, 0.717) is 5.69 Å². The molecule has 0 radical (unpaired) electrons. The van der Waals surface area contributed by atoms with Crippen LogP contribution in [-0.4, -0.2) is 26.0 Å². The quantitative estimate of drug-likeness (QED) is 0.633. The van der Waals surface area contributed by atoms with Crippen LogP contribution in [0.5, 0.6) is 0 Å². The minimum Gasteiger partial charge on any atom is -0.304 e. The molecular formula is C23H17FN2O4S. The highest BCUT2D eigenvalue weighted by Gasteiger charge is 2.69. The van der Waals surface area contributed by atoms with E-state index in [1.165, 1.54) is 17.0 Å². The second-order valence-electron chi connectivity index (χ2n) is 7.50. The predicted molar refractivity (Wildman–Crippen MR) is 113 cm³/mol. The van der Waals surface area contributed by atoms with E-state index in [9.17, 15) is 22.4 Å². The van der Waals surface area contributed by atoms with Gasteiger partial charge in [0.25, 0.3) is 10.8 Å². The largest absolute Gasteiger partial charge is 0.304 e. The van der Waals surface area contributed by atoms with E-state index in [4.69, 9.17) is 0 Å². The first-order valence-electron chi connectivity index (χ1n) is 9.62. The second kappa shape index (κ2) is 6.75. The van der Waals surface area contributed by atoms with Crippen molar-refractivity contribution in [3.05, 3.63) is 95.8 Å². The van der Waals surface area contributed by atoms with E-state index in [1.807, 2.05) is 30.3 Å². The SMILES string of the molecule is O=C1CS(=O)(=O)[C@@]2(C(=O)N(Cc3ccccc3)c3ccccc32)N1c1ccc(F)cc1. The fourth-order valence-electron chi connectivity index (χ4n) is 4.40. The van der Waals surface area contributed by atoms with Crippen molar-refractivity contribution in [3.63, 3.8) is 0 Å². The number of nitrogens with zero attached hydrogens (tertiary/aromatic N) is 2. The molecule has 2 aliphatic rings. The number of carbonyl (C=O) groups excluding carboxylic acids is 2. The first kappa shape index (κ1) is 19.4. The molecule has 5 rings (SSSR count). The molecule has 0 aromatic heterocycles. The maximum Gasteiger partial charge on any atom is 0.274 e. The number of hydrogen-bond donors (Lipinski definition) is 0. The van der Waals surface area contributed by atoms with Gasteiger partial charge in [-0.15, -0.1) is 0 Å². The zero-order valence-corrected chi connectivity index (χ0v) is 17.0. The van der Waals surface area contributed by atoms with E-state index in [0.717, 1.165) is 22.6 Å². The molecule has 31 heavy (non-hydrogen) atoms. The number of fused-ring (bicyclic) bond motifs is 2. The summed E-state index contributed by atoms with van der Waals surface area (Å²) in [6.07, 6.45) is 0. The van der Waals surface area contributed by atoms with Crippen LogP contribution < -0.4 is 9.80 Å². The zero-order valence-electron chi connectivity index (χ0n) is 16.2. The van der Waals surface area contributed by atoms with Crippen molar-refractivity contribution in [1.29, 1.82) is 0 Å². The fourth-order valence-corrected chi connectivity index (χ4v) is 6.44. The van der Waals surface area contributed by atoms with E-state index in [1.54, 1.807) is 24.3 Å². The summed E-state index contributed by atoms with van der Waals surface area (Å²) in [4.78, 5) is 27.0. The van der Waals surface area contributed by atoms with E-state index in [2.05, 4.69) is 0 Å². The van der Waals surface area contributed by atoms with Crippen LogP contribution in [0.3, 0.4) is 0 Å². The molecule has 1 fully saturated rings. The Hall–Kier alpha value is -3.52. The highest BCUT2D eigenvalue weighted by atomic mass is 32.2. The van der Waals surface area contributed by atoms with Gasteiger partial charge in [0, 0.05) is 11.3 Å². The molecule has 3 aromatic carbocycles. The third-order valence-corrected chi connectivity index (χ3v) is 7.80. The molecule has 6 nitrogen and oxygen atoms in total. The minimum absolute atomic E-state index is 0.150. The Bertz CT molecular complexity index is 1310. The molecule has 0 bridgehead atoms. The molecule has 0 aliphatic carbocycles. The van der Waals surface area contributed by atoms with Crippen molar-refractivity contribution in [2.45, 2.75) is 11.4 Å². The summed E-state index contributed by atoms with van der Waals surface area (Å²) in [5, 5.41) is 0. The molecule has 0 saturated carbocycles. The van der Waals surface area contributed by atoms with Crippen molar-refractivity contribution >= 4 is 33.0 Å². The van der Waals surface area contributed by atoms with Crippen LogP contribution in [-0.2, 0) is 30.8 Å². The maximum absolute atomic E-state index is 13.9. The summed E-state index contributed by atoms with van der Waals surface area (Å²) in [5.74, 6) is -2.77. The van der Waals surface area contributed by atoms with Crippen LogP contribution in [0.2, 0.25) is 0 Å². The van der Waals surface area contributed by atoms with Crippen LogP contribution in [0.4, 0.5) is 15.8 Å². The second-order valence-corrected chi connectivity index (χ2v) is 9.61. The van der Waals surface area contributed by atoms with Gasteiger partial charge in [-0.1, -0.05) is 48.5 Å². The van der Waals surface area contributed by atoms with Crippen molar-refractivity contribution < 1.29 is 22.4 Å². The summed E-state index contributed by atoms with van der Waals surface area (Å²) >= 11 is 0. The molecule has 156 valence electrons. The molecule has 1 spiro atoms. The number of sulfone groups is 1. The Balaban J connectivity index is 1.75. The molecular weight excluding hydrogens is 419 g/mol. The van der Waals surface area contributed by atoms with Crippen molar-refractivity contribution in [2.24, 2.45) is 0 Å². The Morgan fingerprint density at radius 2 is 1.52 bits per heavy atom. The fraction of sp³-hybridized carbons (Fsp3) is 0.130. The lowest BCUT2D eigenvalue weighted by molar-refractivity contribution is -0.123. The zero-order chi connectivity index (χ0) is 21.8. The lowest BCUT2D eigenvalue weighted by Gasteiger charge is -2.32. The summed E-state index contributed by atoms with van der Waals surface area (Å²) in [5.41, 5.74) is 1.63.